The summed E-state index contributed by atoms with van der Waals surface area (Å²) < 4.78 is 2.25. The molecule has 2 heteroatoms. The van der Waals surface area contributed by atoms with E-state index in [-0.39, 0.29) is 5.75 Å². The molecule has 0 saturated heterocycles. The number of benzene rings is 3. The molecule has 23 heavy (non-hydrogen) atoms. The number of para-hydroxylation sites is 1. The van der Waals surface area contributed by atoms with Gasteiger partial charge in [0.25, 0.3) is 0 Å². The van der Waals surface area contributed by atoms with Gasteiger partial charge in [-0.2, -0.15) is 0 Å². The summed E-state index contributed by atoms with van der Waals surface area (Å²) in [5.74, 6) is 0.283. The molecular formula is C21H17NO. The number of phenolic OH excluding ortho intramolecular Hbond substituents is 1. The van der Waals surface area contributed by atoms with Gasteiger partial charge in [-0.25, -0.2) is 0 Å². The first kappa shape index (κ1) is 13.6. The van der Waals surface area contributed by atoms with Crippen LogP contribution in [0.25, 0.3) is 27.7 Å². The summed E-state index contributed by atoms with van der Waals surface area (Å²) in [5, 5.41) is 10.8. The van der Waals surface area contributed by atoms with E-state index in [0.717, 1.165) is 5.69 Å². The summed E-state index contributed by atoms with van der Waals surface area (Å²) in [5.41, 5.74) is 5.91. The Labute approximate surface area is 135 Å². The monoisotopic (exact) mass is 299 g/mol. The quantitative estimate of drug-likeness (QED) is 0.533. The molecule has 1 aromatic heterocycles. The second-order valence-electron chi connectivity index (χ2n) is 5.70. The number of rotatable bonds is 2. The highest BCUT2D eigenvalue weighted by Crippen LogP contribution is 2.36. The highest BCUT2D eigenvalue weighted by atomic mass is 16.3. The molecule has 3 aromatic carbocycles. The maximum atomic E-state index is 9.56. The van der Waals surface area contributed by atoms with Crippen molar-refractivity contribution in [2.45, 2.75) is 6.92 Å². The minimum absolute atomic E-state index is 0.283. The van der Waals surface area contributed by atoms with Crippen molar-refractivity contribution in [3.05, 3.63) is 84.6 Å². The molecule has 1 heterocycles. The van der Waals surface area contributed by atoms with Crippen molar-refractivity contribution in [2.75, 3.05) is 0 Å². The Hall–Kier alpha value is -3.00. The molecule has 0 spiro atoms. The van der Waals surface area contributed by atoms with Crippen molar-refractivity contribution >= 4 is 10.9 Å². The minimum Gasteiger partial charge on any atom is -0.508 e. The van der Waals surface area contributed by atoms with Crippen molar-refractivity contribution in [2.24, 2.45) is 0 Å². The molecule has 0 saturated carbocycles. The fraction of sp³-hybridized carbons (Fsp3) is 0.0476. The summed E-state index contributed by atoms with van der Waals surface area (Å²) in [6.07, 6.45) is 0. The molecule has 0 fully saturated rings. The van der Waals surface area contributed by atoms with Gasteiger partial charge in [0.05, 0.1) is 5.52 Å². The summed E-state index contributed by atoms with van der Waals surface area (Å²) in [7, 11) is 0. The van der Waals surface area contributed by atoms with Crippen LogP contribution in [-0.2, 0) is 0 Å². The van der Waals surface area contributed by atoms with E-state index in [4.69, 9.17) is 0 Å². The van der Waals surface area contributed by atoms with Gasteiger partial charge < -0.3 is 9.67 Å². The molecule has 0 radical (unpaired) electrons. The van der Waals surface area contributed by atoms with Crippen molar-refractivity contribution in [1.82, 2.24) is 4.57 Å². The van der Waals surface area contributed by atoms with Gasteiger partial charge >= 0.3 is 0 Å². The highest BCUT2D eigenvalue weighted by Gasteiger charge is 2.16. The van der Waals surface area contributed by atoms with Crippen LogP contribution in [-0.4, -0.2) is 9.67 Å². The molecule has 1 N–H and O–H groups in total. The molecular weight excluding hydrogens is 282 g/mol. The second kappa shape index (κ2) is 5.33. The van der Waals surface area contributed by atoms with Gasteiger partial charge in [-0.1, -0.05) is 48.5 Å². The molecule has 4 aromatic rings. The normalized spacial score (nSPS) is 11.0. The Balaban J connectivity index is 2.06. The molecule has 0 aliphatic heterocycles. The summed E-state index contributed by atoms with van der Waals surface area (Å²) in [6.45, 7) is 2.15. The molecule has 0 amide bonds. The van der Waals surface area contributed by atoms with Gasteiger partial charge in [-0.05, 0) is 42.8 Å². The van der Waals surface area contributed by atoms with Crippen LogP contribution in [0.1, 0.15) is 5.69 Å². The molecule has 0 unspecified atom stereocenters. The largest absolute Gasteiger partial charge is 0.508 e. The maximum absolute atomic E-state index is 9.56. The van der Waals surface area contributed by atoms with Crippen LogP contribution in [0, 0.1) is 6.92 Å². The van der Waals surface area contributed by atoms with Gasteiger partial charge in [-0.15, -0.1) is 0 Å². The van der Waals surface area contributed by atoms with Crippen LogP contribution in [0.2, 0.25) is 0 Å². The molecule has 112 valence electrons. The predicted octanol–water partition coefficient (Wildman–Crippen LogP) is 5.31. The highest BCUT2D eigenvalue weighted by molar-refractivity contribution is 5.99. The van der Waals surface area contributed by atoms with Crippen molar-refractivity contribution in [1.29, 1.82) is 0 Å². The lowest BCUT2D eigenvalue weighted by Gasteiger charge is -2.09. The number of aromatic nitrogens is 1. The number of nitrogens with zero attached hydrogens (tertiary/aromatic N) is 1. The lowest BCUT2D eigenvalue weighted by Crippen LogP contribution is -1.96. The van der Waals surface area contributed by atoms with Crippen LogP contribution in [0.3, 0.4) is 0 Å². The van der Waals surface area contributed by atoms with E-state index in [9.17, 15) is 5.11 Å². The third-order valence-corrected chi connectivity index (χ3v) is 4.28. The summed E-state index contributed by atoms with van der Waals surface area (Å²) in [4.78, 5) is 0. The van der Waals surface area contributed by atoms with Crippen molar-refractivity contribution in [3.63, 3.8) is 0 Å². The third-order valence-electron chi connectivity index (χ3n) is 4.28. The fourth-order valence-corrected chi connectivity index (χ4v) is 3.27. The molecule has 2 nitrogen and oxygen atoms in total. The van der Waals surface area contributed by atoms with E-state index in [1.165, 1.54) is 27.7 Å². The van der Waals surface area contributed by atoms with Crippen molar-refractivity contribution in [3.8, 4) is 22.6 Å². The number of hydrogen-bond donors (Lipinski definition) is 1. The number of fused-ring (bicyclic) bond motifs is 1. The lowest BCUT2D eigenvalue weighted by molar-refractivity contribution is 0.475. The Morgan fingerprint density at radius 3 is 2.13 bits per heavy atom. The predicted molar refractivity (Wildman–Crippen MR) is 95.1 cm³/mol. The second-order valence-corrected chi connectivity index (χ2v) is 5.70. The average molecular weight is 299 g/mol. The first-order valence-electron chi connectivity index (χ1n) is 7.70. The van der Waals surface area contributed by atoms with Crippen molar-refractivity contribution < 1.29 is 5.11 Å². The van der Waals surface area contributed by atoms with Crippen LogP contribution in [0.5, 0.6) is 5.75 Å². The summed E-state index contributed by atoms with van der Waals surface area (Å²) in [6, 6.07) is 26.3. The minimum atomic E-state index is 0.283. The zero-order valence-electron chi connectivity index (χ0n) is 12.9. The lowest BCUT2D eigenvalue weighted by atomic mass is 10.0. The first-order chi connectivity index (χ1) is 11.3. The van der Waals surface area contributed by atoms with Crippen LogP contribution in [0.4, 0.5) is 0 Å². The Kier molecular flexibility index (Phi) is 3.16. The van der Waals surface area contributed by atoms with E-state index >= 15 is 0 Å². The zero-order valence-corrected chi connectivity index (χ0v) is 12.9. The van der Waals surface area contributed by atoms with E-state index < -0.39 is 0 Å². The van der Waals surface area contributed by atoms with E-state index in [1.54, 1.807) is 12.1 Å². The van der Waals surface area contributed by atoms with Crippen LogP contribution in [0.15, 0.2) is 78.9 Å². The molecule has 0 aliphatic rings. The van der Waals surface area contributed by atoms with Gasteiger partial charge in [0, 0.05) is 22.3 Å². The number of phenols is 1. The third kappa shape index (κ3) is 2.20. The van der Waals surface area contributed by atoms with Gasteiger partial charge in [0.15, 0.2) is 0 Å². The summed E-state index contributed by atoms with van der Waals surface area (Å²) >= 11 is 0. The zero-order chi connectivity index (χ0) is 15.8. The Morgan fingerprint density at radius 2 is 1.39 bits per heavy atom. The molecule has 0 aliphatic carbocycles. The van der Waals surface area contributed by atoms with Gasteiger partial charge in [0.2, 0.25) is 0 Å². The Bertz CT molecular complexity index is 966. The van der Waals surface area contributed by atoms with E-state index in [2.05, 4.69) is 60.0 Å². The SMILES string of the molecule is Cc1c(-c2ccccc2)c2ccccc2n1-c1ccc(O)cc1. The first-order valence-corrected chi connectivity index (χ1v) is 7.70. The maximum Gasteiger partial charge on any atom is 0.115 e. The molecule has 4 rings (SSSR count). The fourth-order valence-electron chi connectivity index (χ4n) is 3.27. The number of hydrogen-bond acceptors (Lipinski definition) is 1. The number of aromatic hydroxyl groups is 1. The topological polar surface area (TPSA) is 25.2 Å². The van der Waals surface area contributed by atoms with E-state index in [1.807, 2.05) is 18.2 Å². The van der Waals surface area contributed by atoms with Gasteiger partial charge in [0.1, 0.15) is 5.75 Å². The standard InChI is InChI=1S/C21H17NO/c1-15-21(16-7-3-2-4-8-16)19-9-5-6-10-20(19)22(15)17-11-13-18(23)14-12-17/h2-14,23H,1H3. The van der Waals surface area contributed by atoms with E-state index in [0.29, 0.717) is 0 Å². The molecule has 0 atom stereocenters. The molecule has 0 bridgehead atoms. The smallest absolute Gasteiger partial charge is 0.115 e. The average Bonchev–Trinajstić information content (AvgIpc) is 2.88. The van der Waals surface area contributed by atoms with Crippen LogP contribution < -0.4 is 0 Å². The van der Waals surface area contributed by atoms with Crippen LogP contribution >= 0.6 is 0 Å². The van der Waals surface area contributed by atoms with Gasteiger partial charge in [-0.3, -0.25) is 0 Å². The Morgan fingerprint density at radius 1 is 0.739 bits per heavy atom.